The lowest BCUT2D eigenvalue weighted by molar-refractivity contribution is -0.135. The summed E-state index contributed by atoms with van der Waals surface area (Å²) in [6.45, 7) is 3.51. The van der Waals surface area contributed by atoms with Crippen LogP contribution in [0.5, 0.6) is 0 Å². The number of benzene rings is 1. The number of nitrogens with zero attached hydrogens (tertiary/aromatic N) is 1. The quantitative estimate of drug-likeness (QED) is 0.913. The summed E-state index contributed by atoms with van der Waals surface area (Å²) in [4.78, 5) is 25.7. The number of hydrogen-bond donors (Lipinski definition) is 1. The summed E-state index contributed by atoms with van der Waals surface area (Å²) < 4.78 is 0. The first-order valence-corrected chi connectivity index (χ1v) is 6.71. The van der Waals surface area contributed by atoms with E-state index in [0.717, 1.165) is 0 Å². The van der Waals surface area contributed by atoms with Crippen LogP contribution in [-0.2, 0) is 9.59 Å². The lowest BCUT2D eigenvalue weighted by Crippen LogP contribution is -2.65. The molecule has 0 aliphatic carbocycles. The van der Waals surface area contributed by atoms with Gasteiger partial charge < -0.3 is 5.32 Å². The van der Waals surface area contributed by atoms with Crippen molar-refractivity contribution in [2.24, 2.45) is 0 Å². The van der Waals surface area contributed by atoms with E-state index in [1.54, 1.807) is 25.1 Å². The fourth-order valence-electron chi connectivity index (χ4n) is 2.05. The van der Waals surface area contributed by atoms with Crippen molar-refractivity contribution in [3.63, 3.8) is 0 Å². The number of carbonyl (C=O) groups excluding carboxylic acids is 2. The molecular formula is C13H14Cl2N2O2. The molecule has 102 valence electrons. The van der Waals surface area contributed by atoms with Gasteiger partial charge in [0, 0.05) is 0 Å². The third-order valence-electron chi connectivity index (χ3n) is 3.36. The predicted molar refractivity (Wildman–Crippen MR) is 75.7 cm³/mol. The molecule has 6 heteroatoms. The number of nitrogens with one attached hydrogen (secondary N) is 1. The van der Waals surface area contributed by atoms with Gasteiger partial charge in [-0.1, -0.05) is 36.2 Å². The van der Waals surface area contributed by atoms with Crippen molar-refractivity contribution in [3.8, 4) is 0 Å². The van der Waals surface area contributed by atoms with Crippen LogP contribution in [0.1, 0.15) is 20.3 Å². The van der Waals surface area contributed by atoms with Crippen LogP contribution in [0.15, 0.2) is 18.2 Å². The summed E-state index contributed by atoms with van der Waals surface area (Å²) in [6.07, 6.45) is 0.506. The molecule has 0 radical (unpaired) electrons. The van der Waals surface area contributed by atoms with E-state index in [1.165, 1.54) is 4.90 Å². The van der Waals surface area contributed by atoms with Gasteiger partial charge in [0.05, 0.1) is 15.7 Å². The molecule has 2 amide bonds. The van der Waals surface area contributed by atoms with Crippen molar-refractivity contribution >= 4 is 40.7 Å². The molecule has 1 unspecified atom stereocenters. The summed E-state index contributed by atoms with van der Waals surface area (Å²) in [5.74, 6) is -0.390. The fraction of sp³-hybridized carbons (Fsp3) is 0.385. The molecule has 1 N–H and O–H groups in total. The third-order valence-corrected chi connectivity index (χ3v) is 4.17. The van der Waals surface area contributed by atoms with Crippen molar-refractivity contribution in [2.45, 2.75) is 25.8 Å². The highest BCUT2D eigenvalue weighted by atomic mass is 35.5. The van der Waals surface area contributed by atoms with Crippen LogP contribution in [0.2, 0.25) is 10.0 Å². The lowest BCUT2D eigenvalue weighted by Gasteiger charge is -2.39. The Morgan fingerprint density at radius 3 is 2.68 bits per heavy atom. The van der Waals surface area contributed by atoms with Crippen LogP contribution < -0.4 is 10.2 Å². The zero-order chi connectivity index (χ0) is 14.2. The van der Waals surface area contributed by atoms with E-state index in [0.29, 0.717) is 17.1 Å². The normalized spacial score (nSPS) is 23.5. The summed E-state index contributed by atoms with van der Waals surface area (Å²) in [5.41, 5.74) is -0.435. The molecule has 19 heavy (non-hydrogen) atoms. The Labute approximate surface area is 121 Å². The molecule has 1 fully saturated rings. The Hall–Kier alpha value is -1.26. The molecule has 1 aromatic rings. The van der Waals surface area contributed by atoms with Gasteiger partial charge in [-0.3, -0.25) is 14.5 Å². The summed E-state index contributed by atoms with van der Waals surface area (Å²) in [7, 11) is 0. The molecule has 0 saturated carbocycles. The average Bonchev–Trinajstić information content (AvgIpc) is 2.37. The molecule has 0 aromatic heterocycles. The molecule has 1 aliphatic rings. The van der Waals surface area contributed by atoms with E-state index in [-0.39, 0.29) is 23.4 Å². The lowest BCUT2D eigenvalue weighted by atomic mass is 9.94. The molecule has 1 heterocycles. The second-order valence-corrected chi connectivity index (χ2v) is 5.48. The highest BCUT2D eigenvalue weighted by molar-refractivity contribution is 6.44. The highest BCUT2D eigenvalue weighted by Crippen LogP contribution is 2.34. The van der Waals surface area contributed by atoms with Gasteiger partial charge in [0.25, 0.3) is 5.91 Å². The van der Waals surface area contributed by atoms with Gasteiger partial charge in [-0.2, -0.15) is 0 Å². The molecule has 1 aromatic carbocycles. The predicted octanol–water partition coefficient (Wildman–Crippen LogP) is 2.62. The Balaban J connectivity index is 2.46. The first-order chi connectivity index (χ1) is 8.89. The van der Waals surface area contributed by atoms with Gasteiger partial charge in [0.15, 0.2) is 0 Å². The van der Waals surface area contributed by atoms with E-state index in [4.69, 9.17) is 23.2 Å². The Bertz CT molecular complexity index is 547. The van der Waals surface area contributed by atoms with Crippen LogP contribution in [0.3, 0.4) is 0 Å². The van der Waals surface area contributed by atoms with Crippen molar-refractivity contribution in [2.75, 3.05) is 11.4 Å². The van der Waals surface area contributed by atoms with Gasteiger partial charge >= 0.3 is 0 Å². The maximum Gasteiger partial charge on any atom is 0.252 e. The zero-order valence-corrected chi connectivity index (χ0v) is 12.2. The number of hydrogen-bond acceptors (Lipinski definition) is 2. The molecule has 4 nitrogen and oxygen atoms in total. The van der Waals surface area contributed by atoms with E-state index in [1.807, 2.05) is 6.92 Å². The van der Waals surface area contributed by atoms with E-state index in [2.05, 4.69) is 5.32 Å². The first-order valence-electron chi connectivity index (χ1n) is 5.96. The van der Waals surface area contributed by atoms with Crippen LogP contribution in [-0.4, -0.2) is 23.9 Å². The third kappa shape index (κ3) is 2.42. The first kappa shape index (κ1) is 14.2. The molecule has 1 saturated heterocycles. The monoisotopic (exact) mass is 300 g/mol. The van der Waals surface area contributed by atoms with E-state index >= 15 is 0 Å². The van der Waals surface area contributed by atoms with Crippen molar-refractivity contribution < 1.29 is 9.59 Å². The van der Waals surface area contributed by atoms with Crippen molar-refractivity contribution in [3.05, 3.63) is 28.2 Å². The minimum absolute atomic E-state index is 0.0471. The number of rotatable bonds is 2. The second-order valence-electron chi connectivity index (χ2n) is 4.70. The maximum atomic E-state index is 12.5. The molecule has 0 bridgehead atoms. The van der Waals surface area contributed by atoms with Gasteiger partial charge in [0.1, 0.15) is 12.1 Å². The Morgan fingerprint density at radius 1 is 1.37 bits per heavy atom. The fourth-order valence-corrected chi connectivity index (χ4v) is 2.45. The standard InChI is InChI=1S/C13H14Cl2N2O2/c1-3-13(2)12(19)17(7-10(18)16-13)9-6-4-5-8(14)11(9)15/h4-6H,3,7H2,1-2H3,(H,16,18). The highest BCUT2D eigenvalue weighted by Gasteiger charge is 2.42. The second kappa shape index (κ2) is 5.02. The average molecular weight is 301 g/mol. The van der Waals surface area contributed by atoms with Gasteiger partial charge in [-0.25, -0.2) is 0 Å². The molecule has 1 atom stereocenters. The molecular weight excluding hydrogens is 287 g/mol. The molecule has 2 rings (SSSR count). The number of halogens is 2. The summed E-state index contributed by atoms with van der Waals surface area (Å²) in [6, 6.07) is 5.02. The summed E-state index contributed by atoms with van der Waals surface area (Å²) >= 11 is 12.1. The minimum Gasteiger partial charge on any atom is -0.340 e. The van der Waals surface area contributed by atoms with E-state index in [9.17, 15) is 9.59 Å². The van der Waals surface area contributed by atoms with Crippen LogP contribution in [0.4, 0.5) is 5.69 Å². The minimum atomic E-state index is -0.902. The number of carbonyl (C=O) groups is 2. The maximum absolute atomic E-state index is 12.5. The van der Waals surface area contributed by atoms with Gasteiger partial charge in [-0.05, 0) is 25.5 Å². The van der Waals surface area contributed by atoms with Crippen LogP contribution in [0, 0.1) is 0 Å². The molecule has 1 aliphatic heterocycles. The van der Waals surface area contributed by atoms with Crippen LogP contribution >= 0.6 is 23.2 Å². The topological polar surface area (TPSA) is 49.4 Å². The van der Waals surface area contributed by atoms with Crippen molar-refractivity contribution in [1.82, 2.24) is 5.32 Å². The number of piperazine rings is 1. The summed E-state index contributed by atoms with van der Waals surface area (Å²) in [5, 5.41) is 3.36. The Morgan fingerprint density at radius 2 is 2.05 bits per heavy atom. The largest absolute Gasteiger partial charge is 0.340 e. The number of amides is 2. The van der Waals surface area contributed by atoms with Gasteiger partial charge in [-0.15, -0.1) is 0 Å². The van der Waals surface area contributed by atoms with E-state index < -0.39 is 5.54 Å². The van der Waals surface area contributed by atoms with Crippen LogP contribution in [0.25, 0.3) is 0 Å². The smallest absolute Gasteiger partial charge is 0.252 e. The molecule has 0 spiro atoms. The Kier molecular flexibility index (Phi) is 3.74. The van der Waals surface area contributed by atoms with Crippen molar-refractivity contribution in [1.29, 1.82) is 0 Å². The van der Waals surface area contributed by atoms with Gasteiger partial charge in [0.2, 0.25) is 5.91 Å². The SMILES string of the molecule is CCC1(C)NC(=O)CN(c2cccc(Cl)c2Cl)C1=O. The number of anilines is 1. The zero-order valence-electron chi connectivity index (χ0n) is 10.7.